The molecule has 4 heteroatoms. The summed E-state index contributed by atoms with van der Waals surface area (Å²) in [6, 6.07) is 7.66. The van der Waals surface area contributed by atoms with Gasteiger partial charge in [0.25, 0.3) is 0 Å². The largest absolute Gasteiger partial charge is 0.399 e. The number of hydrogen-bond acceptors (Lipinski definition) is 3. The molecule has 3 N–H and O–H groups in total. The molecule has 1 aliphatic carbocycles. The molecule has 2 rings (SSSR count). The van der Waals surface area contributed by atoms with Crippen LogP contribution in [0.15, 0.2) is 24.3 Å². The minimum absolute atomic E-state index is 0.147. The lowest BCUT2D eigenvalue weighted by Gasteiger charge is -2.17. The maximum atomic E-state index is 12.2. The first-order valence-corrected chi connectivity index (χ1v) is 6.34. The summed E-state index contributed by atoms with van der Waals surface area (Å²) in [7, 11) is 4.00. The molecule has 1 aliphatic rings. The Labute approximate surface area is 108 Å². The van der Waals surface area contributed by atoms with Crippen LogP contribution in [0.1, 0.15) is 18.4 Å². The van der Waals surface area contributed by atoms with E-state index in [1.165, 1.54) is 0 Å². The number of nitrogens with two attached hydrogens (primary N) is 1. The molecule has 4 nitrogen and oxygen atoms in total. The maximum Gasteiger partial charge on any atom is 0.230 e. The number of rotatable bonds is 5. The molecule has 1 aromatic carbocycles. The fraction of sp³-hybridized carbons (Fsp3) is 0.500. The van der Waals surface area contributed by atoms with E-state index in [2.05, 4.69) is 10.2 Å². The Morgan fingerprint density at radius 3 is 2.44 bits per heavy atom. The van der Waals surface area contributed by atoms with Gasteiger partial charge in [-0.1, -0.05) is 12.1 Å². The van der Waals surface area contributed by atoms with Crippen LogP contribution in [0.2, 0.25) is 0 Å². The SMILES string of the molecule is CN(C)CCNC(=O)C1(c2ccc(N)cc2)CC1. The number of carbonyl (C=O) groups is 1. The molecule has 0 bridgehead atoms. The van der Waals surface area contributed by atoms with Crippen LogP contribution in [0, 0.1) is 0 Å². The molecule has 0 atom stereocenters. The number of benzene rings is 1. The van der Waals surface area contributed by atoms with Gasteiger partial charge in [-0.25, -0.2) is 0 Å². The summed E-state index contributed by atoms with van der Waals surface area (Å²) < 4.78 is 0. The van der Waals surface area contributed by atoms with Gasteiger partial charge in [-0.3, -0.25) is 4.79 Å². The van der Waals surface area contributed by atoms with Crippen LogP contribution >= 0.6 is 0 Å². The number of amides is 1. The van der Waals surface area contributed by atoms with Crippen LogP contribution in [-0.4, -0.2) is 38.0 Å². The minimum atomic E-state index is -0.292. The molecule has 0 saturated heterocycles. The second kappa shape index (κ2) is 4.98. The quantitative estimate of drug-likeness (QED) is 0.763. The van der Waals surface area contributed by atoms with Crippen molar-refractivity contribution in [1.29, 1.82) is 0 Å². The highest BCUT2D eigenvalue weighted by molar-refractivity contribution is 5.91. The van der Waals surface area contributed by atoms with Gasteiger partial charge in [0, 0.05) is 18.8 Å². The van der Waals surface area contributed by atoms with Gasteiger partial charge in [-0.2, -0.15) is 0 Å². The minimum Gasteiger partial charge on any atom is -0.399 e. The Balaban J connectivity index is 1.98. The van der Waals surface area contributed by atoms with Gasteiger partial charge < -0.3 is 16.0 Å². The van der Waals surface area contributed by atoms with Crippen LogP contribution in [0.4, 0.5) is 5.69 Å². The third-order valence-corrected chi connectivity index (χ3v) is 3.49. The number of nitrogens with zero attached hydrogens (tertiary/aromatic N) is 1. The number of carbonyl (C=O) groups excluding carboxylic acids is 1. The number of nitrogens with one attached hydrogen (secondary N) is 1. The predicted molar refractivity (Wildman–Crippen MR) is 73.3 cm³/mol. The molecule has 0 aliphatic heterocycles. The number of anilines is 1. The predicted octanol–water partition coefficient (Wildman–Crippen LogP) is 0.978. The van der Waals surface area contributed by atoms with E-state index in [0.717, 1.165) is 30.6 Å². The second-order valence-electron chi connectivity index (χ2n) is 5.26. The average molecular weight is 247 g/mol. The fourth-order valence-corrected chi connectivity index (χ4v) is 2.14. The average Bonchev–Trinajstić information content (AvgIpc) is 3.10. The van der Waals surface area contributed by atoms with E-state index in [-0.39, 0.29) is 11.3 Å². The topological polar surface area (TPSA) is 58.4 Å². The lowest BCUT2D eigenvalue weighted by Crippen LogP contribution is -2.38. The van der Waals surface area contributed by atoms with Crippen molar-refractivity contribution in [2.45, 2.75) is 18.3 Å². The van der Waals surface area contributed by atoms with Crippen LogP contribution in [-0.2, 0) is 10.2 Å². The Bertz CT molecular complexity index is 421. The molecule has 1 aromatic rings. The van der Waals surface area contributed by atoms with E-state index in [9.17, 15) is 4.79 Å². The van der Waals surface area contributed by atoms with Crippen LogP contribution in [0.25, 0.3) is 0 Å². The normalized spacial score (nSPS) is 16.6. The van der Waals surface area contributed by atoms with Crippen molar-refractivity contribution in [3.63, 3.8) is 0 Å². The molecule has 0 unspecified atom stereocenters. The van der Waals surface area contributed by atoms with Crippen molar-refractivity contribution in [2.75, 3.05) is 32.9 Å². The first-order valence-electron chi connectivity index (χ1n) is 6.34. The summed E-state index contributed by atoms with van der Waals surface area (Å²) >= 11 is 0. The van der Waals surface area contributed by atoms with Crippen molar-refractivity contribution < 1.29 is 4.79 Å². The van der Waals surface area contributed by atoms with Crippen molar-refractivity contribution >= 4 is 11.6 Å². The van der Waals surface area contributed by atoms with Gasteiger partial charge in [0.2, 0.25) is 5.91 Å². The second-order valence-corrected chi connectivity index (χ2v) is 5.26. The molecule has 18 heavy (non-hydrogen) atoms. The molecule has 1 amide bonds. The Kier molecular flexibility index (Phi) is 3.57. The molecular formula is C14H21N3O. The number of hydrogen-bond donors (Lipinski definition) is 2. The molecule has 0 radical (unpaired) electrons. The Morgan fingerprint density at radius 1 is 1.33 bits per heavy atom. The molecular weight excluding hydrogens is 226 g/mol. The van der Waals surface area contributed by atoms with Crippen molar-refractivity contribution in [3.05, 3.63) is 29.8 Å². The number of nitrogen functional groups attached to an aromatic ring is 1. The first kappa shape index (κ1) is 12.9. The van der Waals surface area contributed by atoms with Gasteiger partial charge in [-0.15, -0.1) is 0 Å². The van der Waals surface area contributed by atoms with E-state index in [1.807, 2.05) is 38.4 Å². The fourth-order valence-electron chi connectivity index (χ4n) is 2.14. The van der Waals surface area contributed by atoms with E-state index < -0.39 is 0 Å². The lowest BCUT2D eigenvalue weighted by atomic mass is 9.95. The zero-order valence-electron chi connectivity index (χ0n) is 11.1. The summed E-state index contributed by atoms with van der Waals surface area (Å²) in [4.78, 5) is 14.3. The maximum absolute atomic E-state index is 12.2. The summed E-state index contributed by atoms with van der Waals surface area (Å²) in [6.07, 6.45) is 1.87. The van der Waals surface area contributed by atoms with E-state index in [0.29, 0.717) is 6.54 Å². The third-order valence-electron chi connectivity index (χ3n) is 3.49. The summed E-state index contributed by atoms with van der Waals surface area (Å²) in [5, 5.41) is 3.02. The first-order chi connectivity index (χ1) is 8.54. The van der Waals surface area contributed by atoms with Gasteiger partial charge in [0.05, 0.1) is 5.41 Å². The molecule has 1 saturated carbocycles. The van der Waals surface area contributed by atoms with Crippen molar-refractivity contribution in [1.82, 2.24) is 10.2 Å². The highest BCUT2D eigenvalue weighted by atomic mass is 16.2. The van der Waals surface area contributed by atoms with Crippen LogP contribution in [0.3, 0.4) is 0 Å². The molecule has 0 spiro atoms. The van der Waals surface area contributed by atoms with Crippen LogP contribution < -0.4 is 11.1 Å². The van der Waals surface area contributed by atoms with E-state index in [1.54, 1.807) is 0 Å². The zero-order valence-corrected chi connectivity index (χ0v) is 11.1. The monoisotopic (exact) mass is 247 g/mol. The molecule has 0 aromatic heterocycles. The summed E-state index contributed by atoms with van der Waals surface area (Å²) in [5.41, 5.74) is 7.20. The van der Waals surface area contributed by atoms with Gasteiger partial charge in [-0.05, 0) is 44.6 Å². The molecule has 98 valence electrons. The van der Waals surface area contributed by atoms with E-state index >= 15 is 0 Å². The lowest BCUT2D eigenvalue weighted by molar-refractivity contribution is -0.123. The van der Waals surface area contributed by atoms with E-state index in [4.69, 9.17) is 5.73 Å². The Morgan fingerprint density at radius 2 is 1.94 bits per heavy atom. The van der Waals surface area contributed by atoms with Crippen molar-refractivity contribution in [3.8, 4) is 0 Å². The van der Waals surface area contributed by atoms with Gasteiger partial charge in [0.1, 0.15) is 0 Å². The zero-order chi connectivity index (χ0) is 13.2. The molecule has 0 heterocycles. The summed E-state index contributed by atoms with van der Waals surface area (Å²) in [5.74, 6) is 0.147. The number of likely N-dealkylation sites (N-methyl/N-ethyl adjacent to an activating group) is 1. The van der Waals surface area contributed by atoms with Gasteiger partial charge in [0.15, 0.2) is 0 Å². The third kappa shape index (κ3) is 2.64. The highest BCUT2D eigenvalue weighted by Gasteiger charge is 2.50. The van der Waals surface area contributed by atoms with Crippen LogP contribution in [0.5, 0.6) is 0 Å². The smallest absolute Gasteiger partial charge is 0.230 e. The Hall–Kier alpha value is -1.55. The molecule has 1 fully saturated rings. The standard InChI is InChI=1S/C14H21N3O/c1-17(2)10-9-16-13(18)14(7-8-14)11-3-5-12(15)6-4-11/h3-6H,7-10,15H2,1-2H3,(H,16,18). The summed E-state index contributed by atoms with van der Waals surface area (Å²) in [6.45, 7) is 1.56. The van der Waals surface area contributed by atoms with Crippen molar-refractivity contribution in [2.24, 2.45) is 0 Å². The van der Waals surface area contributed by atoms with Gasteiger partial charge >= 0.3 is 0 Å². The highest BCUT2D eigenvalue weighted by Crippen LogP contribution is 2.48.